The maximum absolute atomic E-state index is 15.3. The summed E-state index contributed by atoms with van der Waals surface area (Å²) in [6, 6.07) is 82.0. The first-order valence-corrected chi connectivity index (χ1v) is 38.2. The quantitative estimate of drug-likeness (QED) is 0.0345. The highest BCUT2D eigenvalue weighted by molar-refractivity contribution is 6.99. The lowest BCUT2D eigenvalue weighted by molar-refractivity contribution is -0.374. The molecule has 5 aliphatic rings. The smallest absolute Gasteiger partial charge is 0.262 e. The minimum atomic E-state index is -3.44. The van der Waals surface area contributed by atoms with Crippen LogP contribution in [0.5, 0.6) is 0 Å². The molecule has 0 saturated carbocycles. The molecule has 0 radical (unpaired) electrons. The van der Waals surface area contributed by atoms with Gasteiger partial charge in [-0.05, 0) is 55.4 Å². The number of imide groups is 1. The Morgan fingerprint density at radius 2 is 0.887 bits per heavy atom. The van der Waals surface area contributed by atoms with Gasteiger partial charge in [-0.2, -0.15) is 0 Å². The van der Waals surface area contributed by atoms with Crippen LogP contribution in [0.15, 0.2) is 267 Å². The summed E-state index contributed by atoms with van der Waals surface area (Å²) in [6.45, 7) is 7.73. The first-order chi connectivity index (χ1) is 51.8. The summed E-state index contributed by atoms with van der Waals surface area (Å²) >= 11 is 0. The molecule has 5 aliphatic heterocycles. The van der Waals surface area contributed by atoms with Crippen LogP contribution >= 0.6 is 0 Å². The van der Waals surface area contributed by atoms with Gasteiger partial charge in [-0.25, -0.2) is 0 Å². The van der Waals surface area contributed by atoms with E-state index in [-0.39, 0.29) is 64.0 Å². The molecule has 550 valence electrons. The standard InChI is InChI=1S/C86H90N2O17Si/c1-57(89)87-71-76(105-84-72(88-80(91)66-47-29-30-48-67(66)81(88)92)77(94-50-59-33-15-6-16-34-59)75-70(102-84)55-98-82(104-75)63-41-23-10-24-42-63)73(90)68(56-100-106(86(2,3)4,64-43-25-11-26-44-64)65-45-27-12-28-46-65)101-83(71)99-54-69-74(93-49-58-31-13-5-14-32-58)78(95-51-60-35-17-7-18-36-60)79(96-52-61-37-19-8-20-38-61)85(103-69)97-53-62-39-21-9-22-40-62/h5-48,68-79,82-85,90H,49-56H2,1-4H3,(H,87,89)/t68-,69-,70-,71-,72-,73+,74-,75-,76-,77-,78+,79-,82?,83+,84+,85-/m1/s1. The van der Waals surface area contributed by atoms with E-state index in [1.54, 1.807) is 24.3 Å². The van der Waals surface area contributed by atoms with Crippen molar-refractivity contribution in [3.05, 3.63) is 311 Å². The van der Waals surface area contributed by atoms with Crippen LogP contribution in [0.25, 0.3) is 0 Å². The first kappa shape index (κ1) is 74.1. The average Bonchev–Trinajstić information content (AvgIpc) is 1.46. The Morgan fingerprint density at radius 3 is 1.37 bits per heavy atom. The Kier molecular flexibility index (Phi) is 24.1. The van der Waals surface area contributed by atoms with E-state index in [4.69, 9.17) is 61.3 Å². The van der Waals surface area contributed by atoms with Gasteiger partial charge in [0.1, 0.15) is 73.1 Å². The molecule has 14 rings (SSSR count). The fraction of sp³-hybridized carbons (Fsp3) is 0.337. The van der Waals surface area contributed by atoms with Crippen molar-refractivity contribution in [1.29, 1.82) is 0 Å². The van der Waals surface area contributed by atoms with E-state index in [2.05, 4.69) is 50.4 Å². The molecule has 1 unspecified atom stereocenters. The molecule has 4 saturated heterocycles. The van der Waals surface area contributed by atoms with Crippen LogP contribution in [0, 0.1) is 0 Å². The van der Waals surface area contributed by atoms with Gasteiger partial charge in [0.15, 0.2) is 25.2 Å². The van der Waals surface area contributed by atoms with Gasteiger partial charge in [-0.1, -0.05) is 276 Å². The zero-order valence-electron chi connectivity index (χ0n) is 59.7. The number of benzene rings is 9. The molecule has 2 N–H and O–H groups in total. The van der Waals surface area contributed by atoms with Gasteiger partial charge in [0.05, 0.1) is 64.0 Å². The van der Waals surface area contributed by atoms with E-state index in [1.165, 1.54) is 6.92 Å². The predicted octanol–water partition coefficient (Wildman–Crippen LogP) is 11.3. The highest BCUT2D eigenvalue weighted by atomic mass is 28.4. The van der Waals surface area contributed by atoms with Gasteiger partial charge >= 0.3 is 0 Å². The third-order valence-corrected chi connectivity index (χ3v) is 25.1. The van der Waals surface area contributed by atoms with Crippen molar-refractivity contribution in [3.63, 3.8) is 0 Å². The minimum Gasteiger partial charge on any atom is -0.405 e. The van der Waals surface area contributed by atoms with Crippen LogP contribution in [-0.2, 0) is 99.1 Å². The Labute approximate surface area is 619 Å². The van der Waals surface area contributed by atoms with Crippen molar-refractivity contribution in [2.24, 2.45) is 0 Å². The molecule has 0 aromatic heterocycles. The van der Waals surface area contributed by atoms with Crippen LogP contribution in [0.1, 0.15) is 88.1 Å². The molecule has 16 atom stereocenters. The molecule has 0 bridgehead atoms. The number of amides is 3. The Balaban J connectivity index is 0.876. The Bertz CT molecular complexity index is 4200. The number of nitrogens with zero attached hydrogens (tertiary/aromatic N) is 1. The van der Waals surface area contributed by atoms with Crippen molar-refractivity contribution < 1.29 is 80.8 Å². The number of carbonyl (C=O) groups excluding carboxylic acids is 3. The molecule has 9 aromatic carbocycles. The number of aliphatic hydroxyl groups is 1. The Hall–Kier alpha value is -8.75. The summed E-state index contributed by atoms with van der Waals surface area (Å²) in [5, 5.41) is 18.1. The van der Waals surface area contributed by atoms with Gasteiger partial charge in [0.25, 0.3) is 20.1 Å². The fourth-order valence-corrected chi connectivity index (χ4v) is 19.6. The number of aliphatic hydroxyl groups excluding tert-OH is 1. The van der Waals surface area contributed by atoms with E-state index < -0.39 is 129 Å². The summed E-state index contributed by atoms with van der Waals surface area (Å²) < 4.78 is 92.6. The Morgan fingerprint density at radius 1 is 0.462 bits per heavy atom. The van der Waals surface area contributed by atoms with E-state index in [0.717, 1.165) is 43.1 Å². The molecular weight excluding hydrogens is 1360 g/mol. The summed E-state index contributed by atoms with van der Waals surface area (Å²) in [7, 11) is -3.44. The van der Waals surface area contributed by atoms with Gasteiger partial charge < -0.3 is 71.7 Å². The summed E-state index contributed by atoms with van der Waals surface area (Å²) in [5.74, 6) is -1.81. The van der Waals surface area contributed by atoms with Crippen molar-refractivity contribution in [3.8, 4) is 0 Å². The number of ether oxygens (including phenoxy) is 12. The topological polar surface area (TPSA) is 207 Å². The summed E-state index contributed by atoms with van der Waals surface area (Å²) in [4.78, 5) is 46.0. The highest BCUT2D eigenvalue weighted by Gasteiger charge is 2.61. The van der Waals surface area contributed by atoms with E-state index in [9.17, 15) is 9.90 Å². The lowest BCUT2D eigenvalue weighted by atomic mass is 9.92. The maximum Gasteiger partial charge on any atom is 0.262 e. The lowest BCUT2D eigenvalue weighted by Gasteiger charge is -2.53. The third kappa shape index (κ3) is 16.8. The van der Waals surface area contributed by atoms with Crippen LogP contribution in [-0.4, -0.2) is 148 Å². The summed E-state index contributed by atoms with van der Waals surface area (Å²) in [5.41, 5.74) is 5.38. The highest BCUT2D eigenvalue weighted by Crippen LogP contribution is 2.43. The monoisotopic (exact) mass is 1450 g/mol. The molecular formula is C86H90N2O17Si. The van der Waals surface area contributed by atoms with Crippen LogP contribution in [0.2, 0.25) is 5.04 Å². The number of hydrogen-bond acceptors (Lipinski definition) is 17. The second kappa shape index (κ2) is 34.4. The lowest BCUT2D eigenvalue weighted by Crippen LogP contribution is -2.72. The van der Waals surface area contributed by atoms with Gasteiger partial charge in [0, 0.05) is 12.5 Å². The fourth-order valence-electron chi connectivity index (χ4n) is 15.0. The minimum absolute atomic E-state index is 0.00279. The largest absolute Gasteiger partial charge is 0.405 e. The number of hydrogen-bond donors (Lipinski definition) is 2. The van der Waals surface area contributed by atoms with Gasteiger partial charge in [0.2, 0.25) is 5.91 Å². The van der Waals surface area contributed by atoms with Crippen molar-refractivity contribution in [1.82, 2.24) is 10.2 Å². The van der Waals surface area contributed by atoms with E-state index in [1.807, 2.05) is 218 Å². The molecule has 106 heavy (non-hydrogen) atoms. The summed E-state index contributed by atoms with van der Waals surface area (Å²) in [6.07, 6.45) is -16.7. The molecule has 0 spiro atoms. The second-order valence-electron chi connectivity index (χ2n) is 28.3. The van der Waals surface area contributed by atoms with Gasteiger partial charge in [-0.3, -0.25) is 19.3 Å². The normalized spacial score (nSPS) is 26.7. The SMILES string of the molecule is CC(=O)N[C@H]1[C@@H](OC[C@H]2O[C@@H](OCc3ccccc3)[C@H](OCc3ccccc3)[C@@H](OCc3ccccc3)[C@@H]2OCc2ccccc2)O[C@H](CO[Si](c2ccccc2)(c2ccccc2)C(C)(C)C)[C@H](O)[C@@H]1O[C@@H]1O[C@@H]2COC(c3ccccc3)O[C@H]2[C@H](OCc2ccccc2)[C@H]1N1C(=O)c2ccccc2C1=O. The molecule has 0 aliphatic carbocycles. The predicted molar refractivity (Wildman–Crippen MR) is 396 cm³/mol. The van der Waals surface area contributed by atoms with Gasteiger partial charge in [-0.15, -0.1) is 0 Å². The molecule has 4 fully saturated rings. The van der Waals surface area contributed by atoms with E-state index in [0.29, 0.717) is 5.56 Å². The third-order valence-electron chi connectivity index (χ3n) is 20.1. The zero-order valence-corrected chi connectivity index (χ0v) is 60.7. The number of fused-ring (bicyclic) bond motifs is 2. The molecule has 3 amide bonds. The molecule has 19 nitrogen and oxygen atoms in total. The zero-order chi connectivity index (χ0) is 73.0. The van der Waals surface area contributed by atoms with Crippen molar-refractivity contribution in [2.75, 3.05) is 19.8 Å². The molecule has 9 aromatic rings. The van der Waals surface area contributed by atoms with Crippen LogP contribution in [0.3, 0.4) is 0 Å². The molecule has 20 heteroatoms. The molecule has 5 heterocycles. The van der Waals surface area contributed by atoms with Crippen molar-refractivity contribution in [2.45, 2.75) is 164 Å². The van der Waals surface area contributed by atoms with Crippen LogP contribution < -0.4 is 15.7 Å². The maximum atomic E-state index is 15.3. The second-order valence-corrected chi connectivity index (χ2v) is 32.6. The number of nitrogens with one attached hydrogen (secondary N) is 1. The van der Waals surface area contributed by atoms with Crippen molar-refractivity contribution >= 4 is 36.4 Å². The number of rotatable bonds is 28. The average molecular weight is 1450 g/mol. The van der Waals surface area contributed by atoms with Crippen LogP contribution in [0.4, 0.5) is 0 Å². The first-order valence-electron chi connectivity index (χ1n) is 36.3. The van der Waals surface area contributed by atoms with E-state index >= 15 is 9.59 Å². The number of carbonyl (C=O) groups is 3.